The quantitative estimate of drug-likeness (QED) is 0.660. The van der Waals surface area contributed by atoms with Crippen molar-refractivity contribution in [1.82, 2.24) is 19.4 Å². The Bertz CT molecular complexity index is 1090. The lowest BCUT2D eigenvalue weighted by atomic mass is 10.2. The number of thiophene rings is 1. The summed E-state index contributed by atoms with van der Waals surface area (Å²) in [6.07, 6.45) is 2.94. The van der Waals surface area contributed by atoms with Crippen LogP contribution in [-0.2, 0) is 11.3 Å². The van der Waals surface area contributed by atoms with Crippen molar-refractivity contribution < 1.29 is 4.79 Å². The van der Waals surface area contributed by atoms with Gasteiger partial charge in [0.1, 0.15) is 15.8 Å². The molecule has 142 valence electrons. The van der Waals surface area contributed by atoms with Crippen LogP contribution in [0.1, 0.15) is 30.9 Å². The van der Waals surface area contributed by atoms with Crippen LogP contribution in [0.3, 0.4) is 0 Å². The summed E-state index contributed by atoms with van der Waals surface area (Å²) >= 11 is 7.76. The molecule has 1 amide bonds. The number of aryl methyl sites for hydroxylation is 2. The zero-order valence-electron chi connectivity index (χ0n) is 15.5. The summed E-state index contributed by atoms with van der Waals surface area (Å²) in [5.41, 5.74) is 3.67. The van der Waals surface area contributed by atoms with E-state index in [9.17, 15) is 9.59 Å². The second-order valence-electron chi connectivity index (χ2n) is 6.61. The third kappa shape index (κ3) is 3.96. The number of aromatic nitrogens is 4. The molecule has 0 bridgehead atoms. The zero-order valence-corrected chi connectivity index (χ0v) is 17.1. The van der Waals surface area contributed by atoms with Crippen LogP contribution in [0.25, 0.3) is 16.3 Å². The SMILES string of the molecule is Cc1nn(CC(C)C)c(Cl)c1/C=C/C(=O)Nn1c(C)nc2sccc2c1=O. The lowest BCUT2D eigenvalue weighted by Crippen LogP contribution is -2.34. The van der Waals surface area contributed by atoms with Crippen molar-refractivity contribution in [2.45, 2.75) is 34.2 Å². The van der Waals surface area contributed by atoms with Crippen molar-refractivity contribution in [2.24, 2.45) is 5.92 Å². The number of nitrogens with one attached hydrogen (secondary N) is 1. The number of halogens is 1. The van der Waals surface area contributed by atoms with E-state index in [2.05, 4.69) is 29.4 Å². The Morgan fingerprint density at radius 3 is 2.85 bits per heavy atom. The molecular formula is C18H20ClN5O2S. The van der Waals surface area contributed by atoms with Gasteiger partial charge in [0.05, 0.1) is 11.1 Å². The first kappa shape index (κ1) is 19.3. The summed E-state index contributed by atoms with van der Waals surface area (Å²) < 4.78 is 2.88. The third-order valence-corrected chi connectivity index (χ3v) is 5.14. The monoisotopic (exact) mass is 405 g/mol. The minimum atomic E-state index is -0.455. The molecule has 27 heavy (non-hydrogen) atoms. The van der Waals surface area contributed by atoms with Crippen LogP contribution in [0.4, 0.5) is 0 Å². The fourth-order valence-electron chi connectivity index (χ4n) is 2.68. The van der Waals surface area contributed by atoms with Crippen molar-refractivity contribution in [3.8, 4) is 0 Å². The van der Waals surface area contributed by atoms with Crippen molar-refractivity contribution in [3.05, 3.63) is 50.1 Å². The molecule has 3 aromatic rings. The number of nitrogens with zero attached hydrogens (tertiary/aromatic N) is 4. The minimum Gasteiger partial charge on any atom is -0.268 e. The largest absolute Gasteiger partial charge is 0.281 e. The summed E-state index contributed by atoms with van der Waals surface area (Å²) in [6.45, 7) is 8.36. The summed E-state index contributed by atoms with van der Waals surface area (Å²) in [4.78, 5) is 29.8. The van der Waals surface area contributed by atoms with Crippen molar-refractivity contribution in [3.63, 3.8) is 0 Å². The van der Waals surface area contributed by atoms with E-state index in [1.165, 1.54) is 17.4 Å². The lowest BCUT2D eigenvalue weighted by molar-refractivity contribution is -0.112. The van der Waals surface area contributed by atoms with Gasteiger partial charge >= 0.3 is 0 Å². The molecule has 0 radical (unpaired) electrons. The Balaban J connectivity index is 1.83. The maximum Gasteiger partial charge on any atom is 0.281 e. The fourth-order valence-corrected chi connectivity index (χ4v) is 3.78. The van der Waals surface area contributed by atoms with Gasteiger partial charge in [0.25, 0.3) is 11.5 Å². The van der Waals surface area contributed by atoms with Crippen LogP contribution >= 0.6 is 22.9 Å². The highest BCUT2D eigenvalue weighted by Crippen LogP contribution is 2.22. The standard InChI is InChI=1S/C18H20ClN5O2S/c1-10(2)9-23-16(19)13(11(3)21-23)5-6-15(25)22-24-12(4)20-17-14(18(24)26)7-8-27-17/h5-8,10H,9H2,1-4H3,(H,22,25)/b6-5+. The van der Waals surface area contributed by atoms with E-state index in [1.807, 2.05) is 6.92 Å². The first-order chi connectivity index (χ1) is 12.8. The summed E-state index contributed by atoms with van der Waals surface area (Å²) in [7, 11) is 0. The average Bonchev–Trinajstić information content (AvgIpc) is 3.15. The summed E-state index contributed by atoms with van der Waals surface area (Å²) in [5.74, 6) is 0.357. The molecule has 0 spiro atoms. The molecule has 0 fully saturated rings. The van der Waals surface area contributed by atoms with Gasteiger partial charge in [-0.2, -0.15) is 5.10 Å². The van der Waals surface area contributed by atoms with Gasteiger partial charge in [-0.1, -0.05) is 25.4 Å². The average molecular weight is 406 g/mol. The molecule has 0 saturated carbocycles. The highest BCUT2D eigenvalue weighted by atomic mass is 35.5. The molecule has 7 nitrogen and oxygen atoms in total. The number of hydrogen-bond acceptors (Lipinski definition) is 5. The van der Waals surface area contributed by atoms with Crippen molar-refractivity contribution >= 4 is 45.1 Å². The van der Waals surface area contributed by atoms with Gasteiger partial charge in [-0.25, -0.2) is 9.66 Å². The van der Waals surface area contributed by atoms with Gasteiger partial charge < -0.3 is 0 Å². The molecule has 0 aliphatic carbocycles. The highest BCUT2D eigenvalue weighted by molar-refractivity contribution is 7.16. The molecule has 0 aliphatic rings. The number of carbonyl (C=O) groups is 1. The molecule has 3 rings (SSSR count). The van der Waals surface area contributed by atoms with Gasteiger partial charge in [-0.05, 0) is 37.3 Å². The fraction of sp³-hybridized carbons (Fsp3) is 0.333. The lowest BCUT2D eigenvalue weighted by Gasteiger charge is -2.09. The molecule has 1 N–H and O–H groups in total. The zero-order chi connectivity index (χ0) is 19.7. The first-order valence-electron chi connectivity index (χ1n) is 8.46. The molecule has 0 atom stereocenters. The van der Waals surface area contributed by atoms with Crippen LogP contribution < -0.4 is 11.0 Å². The van der Waals surface area contributed by atoms with E-state index in [0.717, 1.165) is 10.4 Å². The maximum absolute atomic E-state index is 12.5. The van der Waals surface area contributed by atoms with Gasteiger partial charge in [0.15, 0.2) is 0 Å². The Labute approximate surface area is 165 Å². The van der Waals surface area contributed by atoms with Gasteiger partial charge in [-0.15, -0.1) is 11.3 Å². The molecule has 0 aromatic carbocycles. The van der Waals surface area contributed by atoms with Gasteiger partial charge in [0, 0.05) is 18.2 Å². The Morgan fingerprint density at radius 2 is 2.15 bits per heavy atom. The normalized spacial score (nSPS) is 11.8. The number of carbonyl (C=O) groups excluding carboxylic acids is 1. The highest BCUT2D eigenvalue weighted by Gasteiger charge is 2.13. The molecule has 0 unspecified atom stereocenters. The molecule has 0 aliphatic heterocycles. The van der Waals surface area contributed by atoms with E-state index in [4.69, 9.17) is 11.6 Å². The molecule has 3 heterocycles. The Morgan fingerprint density at radius 1 is 1.41 bits per heavy atom. The van der Waals surface area contributed by atoms with Gasteiger partial charge in [0.2, 0.25) is 0 Å². The molecule has 9 heteroatoms. The third-order valence-electron chi connectivity index (χ3n) is 3.94. The van der Waals surface area contributed by atoms with E-state index in [1.54, 1.807) is 29.1 Å². The number of hydrogen-bond donors (Lipinski definition) is 1. The van der Waals surface area contributed by atoms with Crippen LogP contribution in [0.5, 0.6) is 0 Å². The predicted molar refractivity (Wildman–Crippen MR) is 109 cm³/mol. The first-order valence-corrected chi connectivity index (χ1v) is 9.72. The van der Waals surface area contributed by atoms with E-state index in [0.29, 0.717) is 39.2 Å². The number of rotatable bonds is 5. The van der Waals surface area contributed by atoms with E-state index >= 15 is 0 Å². The van der Waals surface area contributed by atoms with E-state index in [-0.39, 0.29) is 5.56 Å². The van der Waals surface area contributed by atoms with Crippen LogP contribution in [-0.4, -0.2) is 25.3 Å². The minimum absolute atomic E-state index is 0.306. The Kier molecular flexibility index (Phi) is 5.48. The smallest absolute Gasteiger partial charge is 0.268 e. The van der Waals surface area contributed by atoms with Crippen LogP contribution in [0.15, 0.2) is 22.3 Å². The second-order valence-corrected chi connectivity index (χ2v) is 7.87. The molecule has 0 saturated heterocycles. The maximum atomic E-state index is 12.5. The predicted octanol–water partition coefficient (Wildman–Crippen LogP) is 3.36. The van der Waals surface area contributed by atoms with Crippen molar-refractivity contribution in [1.29, 1.82) is 0 Å². The van der Waals surface area contributed by atoms with Gasteiger partial charge in [-0.3, -0.25) is 19.7 Å². The molecular weight excluding hydrogens is 386 g/mol. The Hall–Kier alpha value is -2.45. The number of fused-ring (bicyclic) bond motifs is 1. The second kappa shape index (κ2) is 7.66. The number of amides is 1. The van der Waals surface area contributed by atoms with Crippen molar-refractivity contribution in [2.75, 3.05) is 5.43 Å². The topological polar surface area (TPSA) is 81.8 Å². The summed E-state index contributed by atoms with van der Waals surface area (Å²) in [6, 6.07) is 1.69. The van der Waals surface area contributed by atoms with Crippen LogP contribution in [0, 0.1) is 19.8 Å². The summed E-state index contributed by atoms with van der Waals surface area (Å²) in [5, 5.41) is 7.16. The van der Waals surface area contributed by atoms with Crippen LogP contribution in [0.2, 0.25) is 5.15 Å². The van der Waals surface area contributed by atoms with E-state index < -0.39 is 5.91 Å². The molecule has 3 aromatic heterocycles.